The molecule has 1 aromatic carbocycles. The quantitative estimate of drug-likeness (QED) is 0.301. The number of hydrogen-bond acceptors (Lipinski definition) is 7. The van der Waals surface area contributed by atoms with Crippen molar-refractivity contribution in [3.63, 3.8) is 0 Å². The Hall–Kier alpha value is -2.83. The monoisotopic (exact) mass is 318 g/mol. The fourth-order valence-corrected chi connectivity index (χ4v) is 1.84. The second-order valence-electron chi connectivity index (χ2n) is 5.33. The minimum Gasteiger partial charge on any atom is -0.497 e. The molecule has 1 fully saturated rings. The molecule has 0 unspecified atom stereocenters. The zero-order valence-electron chi connectivity index (χ0n) is 13.4. The van der Waals surface area contributed by atoms with E-state index in [1.165, 1.54) is 19.9 Å². The van der Waals surface area contributed by atoms with E-state index in [9.17, 15) is 9.59 Å². The van der Waals surface area contributed by atoms with Crippen LogP contribution in [-0.4, -0.2) is 30.5 Å². The van der Waals surface area contributed by atoms with Crippen molar-refractivity contribution in [3.05, 3.63) is 35.9 Å². The molecule has 7 heteroatoms. The first-order valence-electron chi connectivity index (χ1n) is 6.93. The number of ether oxygens (including phenoxy) is 3. The van der Waals surface area contributed by atoms with E-state index in [1.807, 2.05) is 0 Å². The van der Waals surface area contributed by atoms with Crippen LogP contribution in [0.2, 0.25) is 0 Å². The largest absolute Gasteiger partial charge is 0.497 e. The molecule has 23 heavy (non-hydrogen) atoms. The summed E-state index contributed by atoms with van der Waals surface area (Å²) >= 11 is 0. The molecular formula is C16H18N2O5. The Morgan fingerprint density at radius 3 is 2.26 bits per heavy atom. The maximum atomic E-state index is 11.8. The van der Waals surface area contributed by atoms with E-state index in [4.69, 9.17) is 14.2 Å². The maximum Gasteiger partial charge on any atom is 0.348 e. The first-order chi connectivity index (χ1) is 10.8. The molecule has 0 radical (unpaired) electrons. The minimum absolute atomic E-state index is 0.192. The SMILES string of the molecule is COc1ccc(N/N=C(/C)C=C2C(=O)OC(C)(C)OC2=O)cc1. The van der Waals surface area contributed by atoms with E-state index in [2.05, 4.69) is 10.5 Å². The molecule has 1 saturated heterocycles. The predicted molar refractivity (Wildman–Crippen MR) is 84.1 cm³/mol. The highest BCUT2D eigenvalue weighted by molar-refractivity contribution is 6.19. The van der Waals surface area contributed by atoms with Gasteiger partial charge in [-0.3, -0.25) is 5.43 Å². The molecule has 1 N–H and O–H groups in total. The lowest BCUT2D eigenvalue weighted by molar-refractivity contribution is -0.222. The molecule has 0 bridgehead atoms. The Balaban J connectivity index is 2.08. The lowest BCUT2D eigenvalue weighted by Gasteiger charge is -2.29. The highest BCUT2D eigenvalue weighted by atomic mass is 16.7. The summed E-state index contributed by atoms with van der Waals surface area (Å²) in [6, 6.07) is 7.13. The molecule has 1 aromatic rings. The number of nitrogens with zero attached hydrogens (tertiary/aromatic N) is 1. The van der Waals surface area contributed by atoms with Crippen LogP contribution in [0.5, 0.6) is 5.75 Å². The average molecular weight is 318 g/mol. The smallest absolute Gasteiger partial charge is 0.348 e. The Morgan fingerprint density at radius 1 is 1.17 bits per heavy atom. The zero-order valence-corrected chi connectivity index (χ0v) is 13.4. The number of allylic oxidation sites excluding steroid dienone is 1. The van der Waals surface area contributed by atoms with E-state index in [1.54, 1.807) is 38.3 Å². The van der Waals surface area contributed by atoms with Gasteiger partial charge in [0.15, 0.2) is 0 Å². The molecule has 7 nitrogen and oxygen atoms in total. The molecule has 0 amide bonds. The summed E-state index contributed by atoms with van der Waals surface area (Å²) in [6.07, 6.45) is 1.32. The van der Waals surface area contributed by atoms with Crippen molar-refractivity contribution >= 4 is 23.3 Å². The lowest BCUT2D eigenvalue weighted by atomic mass is 10.2. The summed E-state index contributed by atoms with van der Waals surface area (Å²) in [5, 5.41) is 4.08. The van der Waals surface area contributed by atoms with Crippen LogP contribution >= 0.6 is 0 Å². The normalized spacial score (nSPS) is 17.2. The van der Waals surface area contributed by atoms with Crippen molar-refractivity contribution in [2.75, 3.05) is 12.5 Å². The number of nitrogens with one attached hydrogen (secondary N) is 1. The van der Waals surface area contributed by atoms with Crippen LogP contribution in [0.15, 0.2) is 41.0 Å². The van der Waals surface area contributed by atoms with E-state index in [0.717, 1.165) is 11.4 Å². The fourth-order valence-electron chi connectivity index (χ4n) is 1.84. The third kappa shape index (κ3) is 4.32. The third-order valence-electron chi connectivity index (χ3n) is 2.92. The molecule has 1 aliphatic rings. The van der Waals surface area contributed by atoms with Gasteiger partial charge in [-0.15, -0.1) is 0 Å². The molecule has 2 rings (SSSR count). The van der Waals surface area contributed by atoms with Gasteiger partial charge in [-0.2, -0.15) is 5.10 Å². The Kier molecular flexibility index (Phi) is 4.68. The van der Waals surface area contributed by atoms with Gasteiger partial charge < -0.3 is 14.2 Å². The van der Waals surface area contributed by atoms with Crippen molar-refractivity contribution in [2.24, 2.45) is 5.10 Å². The van der Waals surface area contributed by atoms with Gasteiger partial charge in [0.05, 0.1) is 18.5 Å². The molecule has 0 atom stereocenters. The highest BCUT2D eigenvalue weighted by Crippen LogP contribution is 2.22. The first kappa shape index (κ1) is 16.5. The van der Waals surface area contributed by atoms with Gasteiger partial charge in [-0.25, -0.2) is 9.59 Å². The molecule has 0 spiro atoms. The second-order valence-corrected chi connectivity index (χ2v) is 5.33. The number of carbonyl (C=O) groups is 2. The van der Waals surface area contributed by atoms with Gasteiger partial charge in [0.2, 0.25) is 0 Å². The van der Waals surface area contributed by atoms with Crippen LogP contribution in [0.4, 0.5) is 5.69 Å². The van der Waals surface area contributed by atoms with Gasteiger partial charge in [0, 0.05) is 13.8 Å². The number of anilines is 1. The van der Waals surface area contributed by atoms with Crippen LogP contribution in [0.25, 0.3) is 0 Å². The van der Waals surface area contributed by atoms with Crippen LogP contribution < -0.4 is 10.2 Å². The number of methoxy groups -OCH3 is 1. The van der Waals surface area contributed by atoms with Crippen molar-refractivity contribution in [3.8, 4) is 5.75 Å². The zero-order chi connectivity index (χ0) is 17.0. The number of hydrogen-bond donors (Lipinski definition) is 1. The van der Waals surface area contributed by atoms with Crippen molar-refractivity contribution < 1.29 is 23.8 Å². The first-order valence-corrected chi connectivity index (χ1v) is 6.93. The number of cyclic esters (lactones) is 2. The summed E-state index contributed by atoms with van der Waals surface area (Å²) in [5.41, 5.74) is 3.78. The van der Waals surface area contributed by atoms with Crippen LogP contribution in [0.3, 0.4) is 0 Å². The predicted octanol–water partition coefficient (Wildman–Crippen LogP) is 2.25. The highest BCUT2D eigenvalue weighted by Gasteiger charge is 2.38. The van der Waals surface area contributed by atoms with E-state index in [-0.39, 0.29) is 5.57 Å². The number of esters is 2. The molecule has 1 aliphatic heterocycles. The number of carbonyl (C=O) groups excluding carboxylic acids is 2. The van der Waals surface area contributed by atoms with Crippen LogP contribution in [-0.2, 0) is 19.1 Å². The lowest BCUT2D eigenvalue weighted by Crippen LogP contribution is -2.42. The van der Waals surface area contributed by atoms with Gasteiger partial charge >= 0.3 is 11.9 Å². The summed E-state index contributed by atoms with van der Waals surface area (Å²) in [5.74, 6) is -1.98. The Morgan fingerprint density at radius 2 is 1.74 bits per heavy atom. The summed E-state index contributed by atoms with van der Waals surface area (Å²) in [6.45, 7) is 4.63. The van der Waals surface area contributed by atoms with E-state index >= 15 is 0 Å². The van der Waals surface area contributed by atoms with Gasteiger partial charge in [-0.1, -0.05) is 0 Å². The fraction of sp³-hybridized carbons (Fsp3) is 0.312. The van der Waals surface area contributed by atoms with Crippen molar-refractivity contribution in [1.82, 2.24) is 0 Å². The Bertz CT molecular complexity index is 652. The molecule has 0 aliphatic carbocycles. The summed E-state index contributed by atoms with van der Waals surface area (Å²) < 4.78 is 15.1. The van der Waals surface area contributed by atoms with Crippen molar-refractivity contribution in [1.29, 1.82) is 0 Å². The topological polar surface area (TPSA) is 86.2 Å². The molecule has 0 saturated carbocycles. The van der Waals surface area contributed by atoms with Gasteiger partial charge in [-0.05, 0) is 37.3 Å². The van der Waals surface area contributed by atoms with Crippen LogP contribution in [0.1, 0.15) is 20.8 Å². The third-order valence-corrected chi connectivity index (χ3v) is 2.92. The molecule has 122 valence electrons. The second kappa shape index (κ2) is 6.51. The van der Waals surface area contributed by atoms with Crippen LogP contribution in [0, 0.1) is 0 Å². The molecular weight excluding hydrogens is 300 g/mol. The standard InChI is InChI=1S/C16H18N2O5/c1-10(17-18-11-5-7-12(21-4)8-6-11)9-13-14(19)22-16(2,3)23-15(13)20/h5-9,18H,1-4H3/b17-10-. The van der Waals surface area contributed by atoms with Gasteiger partial charge in [0.1, 0.15) is 11.3 Å². The van der Waals surface area contributed by atoms with Gasteiger partial charge in [0.25, 0.3) is 5.79 Å². The van der Waals surface area contributed by atoms with E-state index < -0.39 is 17.7 Å². The van der Waals surface area contributed by atoms with Crippen molar-refractivity contribution in [2.45, 2.75) is 26.6 Å². The molecule has 0 aromatic heterocycles. The molecule has 1 heterocycles. The number of benzene rings is 1. The number of hydrazone groups is 1. The number of rotatable bonds is 4. The van der Waals surface area contributed by atoms with E-state index in [0.29, 0.717) is 5.71 Å². The summed E-state index contributed by atoms with van der Waals surface area (Å²) in [7, 11) is 1.58. The minimum atomic E-state index is -1.25. The summed E-state index contributed by atoms with van der Waals surface area (Å²) in [4.78, 5) is 23.6. The maximum absolute atomic E-state index is 11.8. The Labute approximate surface area is 133 Å². The average Bonchev–Trinajstić information content (AvgIpc) is 2.48.